The Labute approximate surface area is 86.4 Å². The molecule has 0 amide bonds. The molecule has 0 fully saturated rings. The second kappa shape index (κ2) is 3.46. The number of nitrogens with zero attached hydrogens (tertiary/aromatic N) is 2. The summed E-state index contributed by atoms with van der Waals surface area (Å²) in [5.74, 6) is 0. The van der Waals surface area contributed by atoms with Crippen LogP contribution in [0.2, 0.25) is 0 Å². The Bertz CT molecular complexity index is 569. The zero-order valence-corrected chi connectivity index (χ0v) is 8.19. The smallest absolute Gasteiger partial charge is 0.310 e. The highest BCUT2D eigenvalue weighted by atomic mass is 16.1. The van der Waals surface area contributed by atoms with Gasteiger partial charge in [0.05, 0.1) is 17.3 Å². The van der Waals surface area contributed by atoms with E-state index in [9.17, 15) is 4.79 Å². The molecule has 0 aliphatic heterocycles. The highest BCUT2D eigenvalue weighted by Crippen LogP contribution is 2.07. The van der Waals surface area contributed by atoms with Crippen molar-refractivity contribution in [2.45, 2.75) is 6.92 Å². The first-order valence-corrected chi connectivity index (χ1v) is 4.49. The molecule has 0 saturated heterocycles. The van der Waals surface area contributed by atoms with Crippen LogP contribution in [0.4, 0.5) is 0 Å². The van der Waals surface area contributed by atoms with Crippen molar-refractivity contribution in [3.63, 3.8) is 0 Å². The standard InChI is InChI=1S/C11H9N3O/c1-8-7-14(11(15)13-8)10-4-2-9(6-12)3-5-10/h2-5,7H,1H3,(H,13,15). The quantitative estimate of drug-likeness (QED) is 0.753. The number of imidazole rings is 1. The predicted molar refractivity (Wildman–Crippen MR) is 55.8 cm³/mol. The Morgan fingerprint density at radius 3 is 2.47 bits per heavy atom. The molecule has 0 atom stereocenters. The number of H-pyrrole nitrogens is 1. The van der Waals surface area contributed by atoms with Crippen molar-refractivity contribution in [2.75, 3.05) is 0 Å². The van der Waals surface area contributed by atoms with E-state index >= 15 is 0 Å². The fraction of sp³-hybridized carbons (Fsp3) is 0.0909. The molecule has 0 spiro atoms. The fourth-order valence-electron chi connectivity index (χ4n) is 1.40. The van der Waals surface area contributed by atoms with E-state index in [0.717, 1.165) is 11.4 Å². The molecule has 1 aromatic heterocycles. The van der Waals surface area contributed by atoms with Crippen LogP contribution in [0.15, 0.2) is 35.3 Å². The van der Waals surface area contributed by atoms with Gasteiger partial charge in [-0.05, 0) is 31.2 Å². The molecule has 4 nitrogen and oxygen atoms in total. The molecule has 15 heavy (non-hydrogen) atoms. The van der Waals surface area contributed by atoms with Crippen LogP contribution in [0.25, 0.3) is 5.69 Å². The van der Waals surface area contributed by atoms with Crippen LogP contribution >= 0.6 is 0 Å². The minimum Gasteiger partial charge on any atom is -0.310 e. The van der Waals surface area contributed by atoms with Crippen LogP contribution in [0.1, 0.15) is 11.3 Å². The van der Waals surface area contributed by atoms with Crippen LogP contribution in [0.3, 0.4) is 0 Å². The minimum absolute atomic E-state index is 0.169. The summed E-state index contributed by atoms with van der Waals surface area (Å²) in [7, 11) is 0. The molecule has 0 aliphatic rings. The van der Waals surface area contributed by atoms with E-state index in [-0.39, 0.29) is 5.69 Å². The maximum atomic E-state index is 11.4. The maximum absolute atomic E-state index is 11.4. The normalized spacial score (nSPS) is 9.87. The summed E-state index contributed by atoms with van der Waals surface area (Å²) >= 11 is 0. The zero-order chi connectivity index (χ0) is 10.8. The number of rotatable bonds is 1. The molecular formula is C11H9N3O. The van der Waals surface area contributed by atoms with Gasteiger partial charge in [-0.25, -0.2) is 4.79 Å². The Morgan fingerprint density at radius 2 is 2.00 bits per heavy atom. The van der Waals surface area contributed by atoms with E-state index in [1.54, 1.807) is 30.5 Å². The van der Waals surface area contributed by atoms with Crippen molar-refractivity contribution in [3.05, 3.63) is 52.2 Å². The number of nitrogens with one attached hydrogen (secondary N) is 1. The summed E-state index contributed by atoms with van der Waals surface area (Å²) in [6.07, 6.45) is 1.73. The van der Waals surface area contributed by atoms with Gasteiger partial charge in [0.1, 0.15) is 0 Å². The molecular weight excluding hydrogens is 190 g/mol. The first-order chi connectivity index (χ1) is 7.20. The summed E-state index contributed by atoms with van der Waals surface area (Å²) in [4.78, 5) is 14.1. The summed E-state index contributed by atoms with van der Waals surface area (Å²) in [6.45, 7) is 1.82. The number of hydrogen-bond acceptors (Lipinski definition) is 2. The van der Waals surface area contributed by atoms with Crippen molar-refractivity contribution in [1.82, 2.24) is 9.55 Å². The van der Waals surface area contributed by atoms with Gasteiger partial charge in [0.2, 0.25) is 0 Å². The first kappa shape index (κ1) is 9.28. The number of aryl methyl sites for hydroxylation is 1. The van der Waals surface area contributed by atoms with E-state index in [4.69, 9.17) is 5.26 Å². The molecule has 4 heteroatoms. The van der Waals surface area contributed by atoms with Gasteiger partial charge in [0.15, 0.2) is 0 Å². The topological polar surface area (TPSA) is 61.6 Å². The Morgan fingerprint density at radius 1 is 1.33 bits per heavy atom. The molecule has 0 unspecified atom stereocenters. The maximum Gasteiger partial charge on any atom is 0.330 e. The summed E-state index contributed by atoms with van der Waals surface area (Å²) < 4.78 is 1.51. The van der Waals surface area contributed by atoms with E-state index in [1.165, 1.54) is 4.57 Å². The molecule has 2 aromatic rings. The van der Waals surface area contributed by atoms with Crippen molar-refractivity contribution in [2.24, 2.45) is 0 Å². The van der Waals surface area contributed by atoms with Crippen molar-refractivity contribution in [1.29, 1.82) is 5.26 Å². The Balaban J connectivity index is 2.51. The van der Waals surface area contributed by atoms with Crippen LogP contribution < -0.4 is 5.69 Å². The lowest BCUT2D eigenvalue weighted by Gasteiger charge is -1.99. The van der Waals surface area contributed by atoms with Gasteiger partial charge in [0, 0.05) is 11.9 Å². The largest absolute Gasteiger partial charge is 0.330 e. The van der Waals surface area contributed by atoms with E-state index in [2.05, 4.69) is 4.98 Å². The van der Waals surface area contributed by atoms with Crippen molar-refractivity contribution in [3.8, 4) is 11.8 Å². The number of aromatic amines is 1. The molecule has 2 rings (SSSR count). The third-order valence-electron chi connectivity index (χ3n) is 2.12. The van der Waals surface area contributed by atoms with Crippen LogP contribution in [0.5, 0.6) is 0 Å². The molecule has 1 heterocycles. The molecule has 0 radical (unpaired) electrons. The number of nitriles is 1. The van der Waals surface area contributed by atoms with Crippen LogP contribution in [-0.2, 0) is 0 Å². The van der Waals surface area contributed by atoms with Gasteiger partial charge < -0.3 is 4.98 Å². The number of aromatic nitrogens is 2. The Kier molecular flexibility index (Phi) is 2.14. The lowest BCUT2D eigenvalue weighted by Crippen LogP contribution is -2.13. The lowest BCUT2D eigenvalue weighted by atomic mass is 10.2. The van der Waals surface area contributed by atoms with Crippen molar-refractivity contribution >= 4 is 0 Å². The van der Waals surface area contributed by atoms with Gasteiger partial charge >= 0.3 is 5.69 Å². The second-order valence-electron chi connectivity index (χ2n) is 3.27. The minimum atomic E-state index is -0.169. The molecule has 1 aromatic carbocycles. The van der Waals surface area contributed by atoms with Crippen LogP contribution in [0, 0.1) is 18.3 Å². The average Bonchev–Trinajstić information content (AvgIpc) is 2.58. The summed E-state index contributed by atoms with van der Waals surface area (Å²) in [6, 6.07) is 8.89. The highest BCUT2D eigenvalue weighted by Gasteiger charge is 2.01. The average molecular weight is 199 g/mol. The molecule has 0 aliphatic carbocycles. The molecule has 0 bridgehead atoms. The van der Waals surface area contributed by atoms with Gasteiger partial charge in [-0.15, -0.1) is 0 Å². The van der Waals surface area contributed by atoms with E-state index < -0.39 is 0 Å². The Hall–Kier alpha value is -2.28. The van der Waals surface area contributed by atoms with E-state index in [1.807, 2.05) is 13.0 Å². The molecule has 74 valence electrons. The predicted octanol–water partition coefficient (Wildman–Crippen LogP) is 1.35. The summed E-state index contributed by atoms with van der Waals surface area (Å²) in [5, 5.41) is 8.63. The fourth-order valence-corrected chi connectivity index (χ4v) is 1.40. The number of benzene rings is 1. The second-order valence-corrected chi connectivity index (χ2v) is 3.27. The SMILES string of the molecule is Cc1cn(-c2ccc(C#N)cc2)c(=O)[nH]1. The third kappa shape index (κ3) is 1.67. The first-order valence-electron chi connectivity index (χ1n) is 4.49. The van der Waals surface area contributed by atoms with Gasteiger partial charge in [-0.3, -0.25) is 4.57 Å². The van der Waals surface area contributed by atoms with Gasteiger partial charge in [0.25, 0.3) is 0 Å². The van der Waals surface area contributed by atoms with Crippen molar-refractivity contribution < 1.29 is 0 Å². The van der Waals surface area contributed by atoms with Gasteiger partial charge in [-0.1, -0.05) is 0 Å². The number of hydrogen-bond donors (Lipinski definition) is 1. The highest BCUT2D eigenvalue weighted by molar-refractivity contribution is 5.39. The van der Waals surface area contributed by atoms with Crippen LogP contribution in [-0.4, -0.2) is 9.55 Å². The lowest BCUT2D eigenvalue weighted by molar-refractivity contribution is 0.986. The van der Waals surface area contributed by atoms with E-state index in [0.29, 0.717) is 5.56 Å². The summed E-state index contributed by atoms with van der Waals surface area (Å²) in [5.41, 5.74) is 1.98. The molecule has 0 saturated carbocycles. The zero-order valence-electron chi connectivity index (χ0n) is 8.19. The molecule has 1 N–H and O–H groups in total. The third-order valence-corrected chi connectivity index (χ3v) is 2.12. The monoisotopic (exact) mass is 199 g/mol. The van der Waals surface area contributed by atoms with Gasteiger partial charge in [-0.2, -0.15) is 5.26 Å².